The molecule has 0 aliphatic carbocycles. The van der Waals surface area contributed by atoms with Gasteiger partial charge in [0.2, 0.25) is 0 Å². The Labute approximate surface area is 124 Å². The number of ether oxygens (including phenoxy) is 1. The minimum absolute atomic E-state index is 0.218. The molecule has 0 fully saturated rings. The van der Waals surface area contributed by atoms with Crippen LogP contribution in [-0.2, 0) is 10.3 Å². The summed E-state index contributed by atoms with van der Waals surface area (Å²) in [6.45, 7) is 0.218. The van der Waals surface area contributed by atoms with Crippen molar-refractivity contribution >= 4 is 10.8 Å². The van der Waals surface area contributed by atoms with E-state index in [1.165, 1.54) is 0 Å². The van der Waals surface area contributed by atoms with E-state index in [0.717, 1.165) is 21.9 Å². The lowest BCUT2D eigenvalue weighted by atomic mass is 9.86. The summed E-state index contributed by atoms with van der Waals surface area (Å²) in [5.41, 5.74) is 0.538. The second kappa shape index (κ2) is 5.68. The number of fused-ring (bicyclic) bond motifs is 1. The molecule has 0 bridgehead atoms. The SMILES string of the molecule is COCC(O)(c1ccccc1)c1ccc2ccccc2c1. The van der Waals surface area contributed by atoms with Crippen LogP contribution in [0.1, 0.15) is 11.1 Å². The molecule has 2 nitrogen and oxygen atoms in total. The quantitative estimate of drug-likeness (QED) is 0.788. The second-order valence-corrected chi connectivity index (χ2v) is 5.22. The van der Waals surface area contributed by atoms with Crippen LogP contribution in [0.2, 0.25) is 0 Å². The molecular weight excluding hydrogens is 260 g/mol. The summed E-state index contributed by atoms with van der Waals surface area (Å²) in [7, 11) is 1.61. The van der Waals surface area contributed by atoms with Crippen molar-refractivity contribution in [3.63, 3.8) is 0 Å². The first-order valence-electron chi connectivity index (χ1n) is 7.00. The van der Waals surface area contributed by atoms with Crippen LogP contribution in [0.15, 0.2) is 72.8 Å². The predicted octanol–water partition coefficient (Wildman–Crippen LogP) is 3.72. The Hall–Kier alpha value is -2.16. The summed E-state index contributed by atoms with van der Waals surface area (Å²) in [4.78, 5) is 0. The van der Waals surface area contributed by atoms with Crippen LogP contribution < -0.4 is 0 Å². The Kier molecular flexibility index (Phi) is 3.74. The Morgan fingerprint density at radius 3 is 2.19 bits per heavy atom. The van der Waals surface area contributed by atoms with E-state index in [0.29, 0.717) is 0 Å². The van der Waals surface area contributed by atoms with E-state index in [4.69, 9.17) is 4.74 Å². The molecule has 1 atom stereocenters. The standard InChI is InChI=1S/C19H18O2/c1-21-14-19(20,17-9-3-2-4-10-17)18-12-11-15-7-5-6-8-16(15)13-18/h2-13,20H,14H2,1H3. The van der Waals surface area contributed by atoms with Gasteiger partial charge in [-0.25, -0.2) is 0 Å². The first-order chi connectivity index (χ1) is 10.2. The van der Waals surface area contributed by atoms with E-state index in [-0.39, 0.29) is 6.61 Å². The van der Waals surface area contributed by atoms with Crippen LogP contribution >= 0.6 is 0 Å². The summed E-state index contributed by atoms with van der Waals surface area (Å²) in [5, 5.41) is 13.5. The van der Waals surface area contributed by atoms with Crippen LogP contribution in [0.4, 0.5) is 0 Å². The highest BCUT2D eigenvalue weighted by Gasteiger charge is 2.31. The highest BCUT2D eigenvalue weighted by molar-refractivity contribution is 5.83. The highest BCUT2D eigenvalue weighted by Crippen LogP contribution is 2.31. The third kappa shape index (κ3) is 2.56. The van der Waals surface area contributed by atoms with Gasteiger partial charge >= 0.3 is 0 Å². The topological polar surface area (TPSA) is 29.5 Å². The lowest BCUT2D eigenvalue weighted by molar-refractivity contribution is -0.00318. The molecular formula is C19H18O2. The zero-order valence-corrected chi connectivity index (χ0v) is 12.0. The molecule has 0 aliphatic rings. The van der Waals surface area contributed by atoms with E-state index in [2.05, 4.69) is 12.1 Å². The smallest absolute Gasteiger partial charge is 0.138 e. The van der Waals surface area contributed by atoms with Crippen molar-refractivity contribution in [1.82, 2.24) is 0 Å². The molecule has 0 radical (unpaired) electrons. The number of hydrogen-bond acceptors (Lipinski definition) is 2. The largest absolute Gasteiger partial charge is 0.381 e. The van der Waals surface area contributed by atoms with E-state index in [9.17, 15) is 5.11 Å². The molecule has 0 aliphatic heterocycles. The van der Waals surface area contributed by atoms with Crippen molar-refractivity contribution in [1.29, 1.82) is 0 Å². The maximum Gasteiger partial charge on any atom is 0.138 e. The molecule has 1 unspecified atom stereocenters. The van der Waals surface area contributed by atoms with Crippen molar-refractivity contribution in [3.8, 4) is 0 Å². The molecule has 0 spiro atoms. The number of methoxy groups -OCH3 is 1. The summed E-state index contributed by atoms with van der Waals surface area (Å²) in [6.07, 6.45) is 0. The highest BCUT2D eigenvalue weighted by atomic mass is 16.5. The molecule has 0 saturated heterocycles. The molecule has 3 rings (SSSR count). The van der Waals surface area contributed by atoms with Crippen LogP contribution in [0.5, 0.6) is 0 Å². The molecule has 1 N–H and O–H groups in total. The Balaban J connectivity index is 2.15. The summed E-state index contributed by atoms with van der Waals surface area (Å²) < 4.78 is 5.28. The van der Waals surface area contributed by atoms with Gasteiger partial charge in [-0.1, -0.05) is 66.7 Å². The molecule has 0 saturated carbocycles. The monoisotopic (exact) mass is 278 g/mol. The van der Waals surface area contributed by atoms with Crippen LogP contribution in [-0.4, -0.2) is 18.8 Å². The van der Waals surface area contributed by atoms with Crippen LogP contribution in [0, 0.1) is 0 Å². The molecule has 0 amide bonds. The number of aliphatic hydroxyl groups is 1. The normalized spacial score (nSPS) is 14.0. The van der Waals surface area contributed by atoms with Gasteiger partial charge in [0, 0.05) is 7.11 Å². The summed E-state index contributed by atoms with van der Waals surface area (Å²) in [5.74, 6) is 0. The second-order valence-electron chi connectivity index (χ2n) is 5.22. The lowest BCUT2D eigenvalue weighted by Gasteiger charge is -2.29. The van der Waals surface area contributed by atoms with E-state index in [1.807, 2.05) is 60.7 Å². The fourth-order valence-electron chi connectivity index (χ4n) is 2.70. The Bertz CT molecular complexity index is 737. The van der Waals surface area contributed by atoms with Crippen LogP contribution in [0.25, 0.3) is 10.8 Å². The first-order valence-corrected chi connectivity index (χ1v) is 7.00. The fraction of sp³-hybridized carbons (Fsp3) is 0.158. The van der Waals surface area contributed by atoms with E-state index in [1.54, 1.807) is 7.11 Å². The maximum atomic E-state index is 11.2. The van der Waals surface area contributed by atoms with Gasteiger partial charge < -0.3 is 9.84 Å². The Morgan fingerprint density at radius 1 is 0.810 bits per heavy atom. The van der Waals surface area contributed by atoms with Gasteiger partial charge in [-0.05, 0) is 28.0 Å². The van der Waals surface area contributed by atoms with Crippen molar-refractivity contribution in [2.24, 2.45) is 0 Å². The van der Waals surface area contributed by atoms with Gasteiger partial charge in [-0.2, -0.15) is 0 Å². The zero-order chi connectivity index (χ0) is 14.7. The first kappa shape index (κ1) is 13.8. The minimum atomic E-state index is -1.14. The van der Waals surface area contributed by atoms with Crippen molar-refractivity contribution < 1.29 is 9.84 Å². The summed E-state index contributed by atoms with van der Waals surface area (Å²) in [6, 6.07) is 23.8. The maximum absolute atomic E-state index is 11.2. The molecule has 21 heavy (non-hydrogen) atoms. The molecule has 0 heterocycles. The van der Waals surface area contributed by atoms with E-state index < -0.39 is 5.60 Å². The van der Waals surface area contributed by atoms with Gasteiger partial charge in [0.25, 0.3) is 0 Å². The van der Waals surface area contributed by atoms with Crippen molar-refractivity contribution in [3.05, 3.63) is 83.9 Å². The fourth-order valence-corrected chi connectivity index (χ4v) is 2.70. The summed E-state index contributed by atoms with van der Waals surface area (Å²) >= 11 is 0. The minimum Gasteiger partial charge on any atom is -0.381 e. The Morgan fingerprint density at radius 2 is 1.48 bits per heavy atom. The van der Waals surface area contributed by atoms with Gasteiger partial charge in [0.05, 0.1) is 6.61 Å². The van der Waals surface area contributed by atoms with Gasteiger partial charge in [0.1, 0.15) is 5.60 Å². The van der Waals surface area contributed by atoms with Gasteiger partial charge in [-0.3, -0.25) is 0 Å². The number of hydrogen-bond donors (Lipinski definition) is 1. The van der Waals surface area contributed by atoms with Gasteiger partial charge in [0.15, 0.2) is 0 Å². The number of benzene rings is 3. The average molecular weight is 278 g/mol. The molecule has 2 heteroatoms. The molecule has 106 valence electrons. The lowest BCUT2D eigenvalue weighted by Crippen LogP contribution is -2.32. The molecule has 3 aromatic rings. The zero-order valence-electron chi connectivity index (χ0n) is 12.0. The van der Waals surface area contributed by atoms with E-state index >= 15 is 0 Å². The third-order valence-corrected chi connectivity index (χ3v) is 3.83. The average Bonchev–Trinajstić information content (AvgIpc) is 2.55. The third-order valence-electron chi connectivity index (χ3n) is 3.83. The molecule has 0 aromatic heterocycles. The van der Waals surface area contributed by atoms with Crippen molar-refractivity contribution in [2.45, 2.75) is 5.60 Å². The van der Waals surface area contributed by atoms with Crippen LogP contribution in [0.3, 0.4) is 0 Å². The molecule has 3 aromatic carbocycles. The predicted molar refractivity (Wildman–Crippen MR) is 85.3 cm³/mol. The number of rotatable bonds is 4. The van der Waals surface area contributed by atoms with Crippen molar-refractivity contribution in [2.75, 3.05) is 13.7 Å². The van der Waals surface area contributed by atoms with Gasteiger partial charge in [-0.15, -0.1) is 0 Å².